The topological polar surface area (TPSA) is 51.0 Å². The number of isocyanates is 1. The average molecular weight is 232 g/mol. The molecule has 17 heavy (non-hydrogen) atoms. The molecule has 4 nitrogen and oxygen atoms in total. The summed E-state index contributed by atoms with van der Waals surface area (Å²) in [6.45, 7) is 3.94. The van der Waals surface area contributed by atoms with Crippen LogP contribution in [0.3, 0.4) is 0 Å². The van der Waals surface area contributed by atoms with Gasteiger partial charge >= 0.3 is 0 Å². The molecule has 0 amide bonds. The molecular formula is C13H16N2O2. The third-order valence-electron chi connectivity index (χ3n) is 2.36. The lowest BCUT2D eigenvalue weighted by Gasteiger charge is -2.16. The Bertz CT molecular complexity index is 420. The van der Waals surface area contributed by atoms with Gasteiger partial charge in [0.2, 0.25) is 6.08 Å². The third-order valence-corrected chi connectivity index (χ3v) is 2.36. The fourth-order valence-electron chi connectivity index (χ4n) is 1.57. The monoisotopic (exact) mass is 232 g/mol. The Morgan fingerprint density at radius 3 is 2.41 bits per heavy atom. The minimum Gasteiger partial charge on any atom is -0.399 e. The van der Waals surface area contributed by atoms with Crippen LogP contribution in [-0.4, -0.2) is 24.9 Å². The molecule has 0 saturated carbocycles. The molecule has 0 bridgehead atoms. The van der Waals surface area contributed by atoms with E-state index in [1.165, 1.54) is 7.11 Å². The molecular weight excluding hydrogens is 216 g/mol. The summed E-state index contributed by atoms with van der Waals surface area (Å²) < 4.78 is 0. The summed E-state index contributed by atoms with van der Waals surface area (Å²) in [5.74, 6) is 0.144. The van der Waals surface area contributed by atoms with Crippen molar-refractivity contribution < 1.29 is 9.63 Å². The van der Waals surface area contributed by atoms with E-state index in [4.69, 9.17) is 4.84 Å². The fraction of sp³-hybridized carbons (Fsp3) is 0.385. The van der Waals surface area contributed by atoms with Crippen LogP contribution in [0.15, 0.2) is 40.5 Å². The van der Waals surface area contributed by atoms with E-state index in [-0.39, 0.29) is 12.0 Å². The quantitative estimate of drug-likeness (QED) is 0.444. The van der Waals surface area contributed by atoms with E-state index >= 15 is 0 Å². The van der Waals surface area contributed by atoms with Gasteiger partial charge in [0.15, 0.2) is 0 Å². The second-order valence-electron chi connectivity index (χ2n) is 3.93. The lowest BCUT2D eigenvalue weighted by molar-refractivity contribution is 0.211. The Labute approximate surface area is 101 Å². The van der Waals surface area contributed by atoms with Crippen molar-refractivity contribution in [1.29, 1.82) is 0 Å². The van der Waals surface area contributed by atoms with Crippen molar-refractivity contribution in [3.63, 3.8) is 0 Å². The van der Waals surface area contributed by atoms with Crippen LogP contribution < -0.4 is 0 Å². The molecule has 0 fully saturated rings. The van der Waals surface area contributed by atoms with Crippen LogP contribution in [-0.2, 0) is 9.63 Å². The van der Waals surface area contributed by atoms with Crippen LogP contribution >= 0.6 is 0 Å². The van der Waals surface area contributed by atoms with Crippen molar-refractivity contribution in [1.82, 2.24) is 0 Å². The lowest BCUT2D eigenvalue weighted by atomic mass is 9.95. The SMILES string of the molecule is CO/N=C(\c1ccccc1)[C@@H](N=C=O)C(C)C. The zero-order valence-corrected chi connectivity index (χ0v) is 10.3. The molecule has 90 valence electrons. The molecule has 0 spiro atoms. The Kier molecular flexibility index (Phi) is 5.11. The molecule has 0 heterocycles. The Morgan fingerprint density at radius 2 is 1.94 bits per heavy atom. The van der Waals surface area contributed by atoms with E-state index in [1.807, 2.05) is 44.2 Å². The summed E-state index contributed by atoms with van der Waals surface area (Å²) in [6.07, 6.45) is 1.60. The molecule has 0 aromatic heterocycles. The minimum absolute atomic E-state index is 0.144. The van der Waals surface area contributed by atoms with Crippen molar-refractivity contribution in [2.75, 3.05) is 7.11 Å². The van der Waals surface area contributed by atoms with Crippen LogP contribution in [0.25, 0.3) is 0 Å². The second-order valence-corrected chi connectivity index (χ2v) is 3.93. The highest BCUT2D eigenvalue weighted by atomic mass is 16.6. The molecule has 0 saturated heterocycles. The molecule has 1 rings (SSSR count). The molecule has 1 aromatic carbocycles. The number of hydrogen-bond donors (Lipinski definition) is 0. The number of aliphatic imine (C=N–C) groups is 1. The molecule has 0 N–H and O–H groups in total. The van der Waals surface area contributed by atoms with Crippen LogP contribution in [0.2, 0.25) is 0 Å². The third kappa shape index (κ3) is 3.54. The first-order valence-electron chi connectivity index (χ1n) is 5.44. The standard InChI is InChI=1S/C13H16N2O2/c1-10(2)12(14-9-16)13(15-17-3)11-7-5-4-6-8-11/h4-8,10,12H,1-3H3/b15-13+/t12-/m0/s1. The molecule has 1 aromatic rings. The predicted molar refractivity (Wildman–Crippen MR) is 66.7 cm³/mol. The van der Waals surface area contributed by atoms with Gasteiger partial charge in [0.25, 0.3) is 0 Å². The van der Waals surface area contributed by atoms with Gasteiger partial charge < -0.3 is 4.84 Å². The Hall–Kier alpha value is -1.93. The number of nitrogens with zero attached hydrogens (tertiary/aromatic N) is 2. The normalized spacial score (nSPS) is 13.1. The molecule has 0 aliphatic rings. The zero-order chi connectivity index (χ0) is 12.7. The molecule has 1 atom stereocenters. The zero-order valence-electron chi connectivity index (χ0n) is 10.3. The summed E-state index contributed by atoms with van der Waals surface area (Å²) in [7, 11) is 1.48. The summed E-state index contributed by atoms with van der Waals surface area (Å²) >= 11 is 0. The van der Waals surface area contributed by atoms with Crippen molar-refractivity contribution in [3.05, 3.63) is 35.9 Å². The molecule has 0 aliphatic heterocycles. The number of carbonyl (C=O) groups excluding carboxylic acids is 1. The maximum atomic E-state index is 10.5. The van der Waals surface area contributed by atoms with Gasteiger partial charge in [-0.3, -0.25) is 0 Å². The first-order valence-corrected chi connectivity index (χ1v) is 5.44. The van der Waals surface area contributed by atoms with Gasteiger partial charge in [-0.1, -0.05) is 49.3 Å². The van der Waals surface area contributed by atoms with Crippen molar-refractivity contribution >= 4 is 11.8 Å². The number of oxime groups is 1. The van der Waals surface area contributed by atoms with Crippen LogP contribution in [0.5, 0.6) is 0 Å². The van der Waals surface area contributed by atoms with E-state index < -0.39 is 0 Å². The largest absolute Gasteiger partial charge is 0.399 e. The molecule has 0 aliphatic carbocycles. The maximum absolute atomic E-state index is 10.5. The number of rotatable bonds is 5. The summed E-state index contributed by atoms with van der Waals surface area (Å²) in [5, 5.41) is 3.98. The lowest BCUT2D eigenvalue weighted by Crippen LogP contribution is -2.25. The number of hydrogen-bond acceptors (Lipinski definition) is 4. The Balaban J connectivity index is 3.17. The average Bonchev–Trinajstić information content (AvgIpc) is 2.34. The maximum Gasteiger partial charge on any atom is 0.235 e. The van der Waals surface area contributed by atoms with Gasteiger partial charge in [-0.25, -0.2) is 4.79 Å². The Morgan fingerprint density at radius 1 is 1.29 bits per heavy atom. The van der Waals surface area contributed by atoms with Crippen LogP contribution in [0.1, 0.15) is 19.4 Å². The second kappa shape index (κ2) is 6.61. The summed E-state index contributed by atoms with van der Waals surface area (Å²) in [6, 6.07) is 9.21. The molecule has 4 heteroatoms. The van der Waals surface area contributed by atoms with Gasteiger partial charge in [-0.2, -0.15) is 4.99 Å². The van der Waals surface area contributed by atoms with Crippen LogP contribution in [0.4, 0.5) is 0 Å². The van der Waals surface area contributed by atoms with Crippen molar-refractivity contribution in [2.24, 2.45) is 16.1 Å². The first-order chi connectivity index (χ1) is 8.20. The van der Waals surface area contributed by atoms with Crippen molar-refractivity contribution in [2.45, 2.75) is 19.9 Å². The van der Waals surface area contributed by atoms with Gasteiger partial charge in [-0.05, 0) is 5.92 Å². The number of benzene rings is 1. The smallest absolute Gasteiger partial charge is 0.235 e. The molecule has 0 unspecified atom stereocenters. The fourth-order valence-corrected chi connectivity index (χ4v) is 1.57. The van der Waals surface area contributed by atoms with Gasteiger partial charge in [-0.15, -0.1) is 0 Å². The van der Waals surface area contributed by atoms with Gasteiger partial charge in [0, 0.05) is 5.56 Å². The predicted octanol–water partition coefficient (Wildman–Crippen LogP) is 2.40. The van der Waals surface area contributed by atoms with Gasteiger partial charge in [0.05, 0.1) is 0 Å². The van der Waals surface area contributed by atoms with E-state index in [1.54, 1.807) is 6.08 Å². The van der Waals surface area contributed by atoms with Gasteiger partial charge in [0.1, 0.15) is 18.9 Å². The first kappa shape index (κ1) is 13.1. The molecule has 0 radical (unpaired) electrons. The highest BCUT2D eigenvalue weighted by Gasteiger charge is 2.21. The summed E-state index contributed by atoms with van der Waals surface area (Å²) in [5.41, 5.74) is 1.54. The minimum atomic E-state index is -0.338. The van der Waals surface area contributed by atoms with E-state index in [9.17, 15) is 4.79 Å². The van der Waals surface area contributed by atoms with Crippen LogP contribution in [0, 0.1) is 5.92 Å². The van der Waals surface area contributed by atoms with E-state index in [0.717, 1.165) is 5.56 Å². The highest BCUT2D eigenvalue weighted by molar-refractivity contribution is 6.04. The van der Waals surface area contributed by atoms with E-state index in [2.05, 4.69) is 10.1 Å². The van der Waals surface area contributed by atoms with Crippen molar-refractivity contribution in [3.8, 4) is 0 Å². The van der Waals surface area contributed by atoms with E-state index in [0.29, 0.717) is 5.71 Å². The highest BCUT2D eigenvalue weighted by Crippen LogP contribution is 2.15. The summed E-state index contributed by atoms with van der Waals surface area (Å²) in [4.78, 5) is 19.1.